The minimum Gasteiger partial charge on any atom is -0.326 e. The zero-order chi connectivity index (χ0) is 20.1. The molecule has 1 aliphatic carbocycles. The lowest BCUT2D eigenvalue weighted by molar-refractivity contribution is -0.114. The van der Waals surface area contributed by atoms with E-state index in [1.165, 1.54) is 18.3 Å². The standard InChI is InChI=1S/C23H14N2O3S/c1-12(26)24-14-8-6-13(7-9-14)23-25-20-18(29-23)11-10-17-19(20)22(28)16-5-3-2-4-15(16)21(17)27/h2-11H,1H3,(H,24,26). The molecule has 5 rings (SSSR count). The van der Waals surface area contributed by atoms with Crippen molar-refractivity contribution in [2.24, 2.45) is 0 Å². The van der Waals surface area contributed by atoms with Gasteiger partial charge >= 0.3 is 0 Å². The second kappa shape index (κ2) is 6.46. The van der Waals surface area contributed by atoms with Crippen LogP contribution in [0.3, 0.4) is 0 Å². The van der Waals surface area contributed by atoms with Crippen molar-refractivity contribution in [2.75, 3.05) is 5.32 Å². The number of carbonyl (C=O) groups is 3. The number of nitrogens with one attached hydrogen (secondary N) is 1. The number of benzene rings is 3. The van der Waals surface area contributed by atoms with Crippen LogP contribution in [0.1, 0.15) is 38.8 Å². The Kier molecular flexibility index (Phi) is 3.89. The summed E-state index contributed by atoms with van der Waals surface area (Å²) in [7, 11) is 0. The first-order valence-electron chi connectivity index (χ1n) is 9.03. The molecule has 0 unspecified atom stereocenters. The molecule has 1 aliphatic rings. The number of hydrogen-bond acceptors (Lipinski definition) is 5. The molecule has 0 fully saturated rings. The Morgan fingerprint density at radius 2 is 1.55 bits per heavy atom. The van der Waals surface area contributed by atoms with Crippen LogP contribution in [0, 0.1) is 0 Å². The molecule has 0 radical (unpaired) electrons. The quantitative estimate of drug-likeness (QED) is 0.468. The molecule has 5 nitrogen and oxygen atoms in total. The fraction of sp³-hybridized carbons (Fsp3) is 0.0435. The van der Waals surface area contributed by atoms with Crippen LogP contribution >= 0.6 is 11.3 Å². The highest BCUT2D eigenvalue weighted by Crippen LogP contribution is 2.37. The number of anilines is 1. The molecule has 1 heterocycles. The third-order valence-electron chi connectivity index (χ3n) is 4.90. The predicted octanol–water partition coefficient (Wildman–Crippen LogP) is 4.70. The van der Waals surface area contributed by atoms with Crippen molar-refractivity contribution in [3.63, 3.8) is 0 Å². The van der Waals surface area contributed by atoms with E-state index in [9.17, 15) is 14.4 Å². The number of fused-ring (bicyclic) bond motifs is 4. The lowest BCUT2D eigenvalue weighted by Crippen LogP contribution is -2.21. The van der Waals surface area contributed by atoms with E-state index in [-0.39, 0.29) is 17.5 Å². The molecule has 29 heavy (non-hydrogen) atoms. The van der Waals surface area contributed by atoms with E-state index in [1.807, 2.05) is 30.3 Å². The molecule has 3 aromatic carbocycles. The van der Waals surface area contributed by atoms with Gasteiger partial charge in [-0.1, -0.05) is 24.3 Å². The smallest absolute Gasteiger partial charge is 0.221 e. The number of rotatable bonds is 2. The highest BCUT2D eigenvalue weighted by molar-refractivity contribution is 7.21. The highest BCUT2D eigenvalue weighted by atomic mass is 32.1. The lowest BCUT2D eigenvalue weighted by atomic mass is 9.83. The Balaban J connectivity index is 1.63. The molecule has 0 bridgehead atoms. The maximum Gasteiger partial charge on any atom is 0.221 e. The van der Waals surface area contributed by atoms with E-state index >= 15 is 0 Å². The number of nitrogens with zero attached hydrogens (tertiary/aromatic N) is 1. The van der Waals surface area contributed by atoms with E-state index in [2.05, 4.69) is 5.32 Å². The number of ketones is 2. The van der Waals surface area contributed by atoms with Crippen molar-refractivity contribution in [2.45, 2.75) is 6.92 Å². The van der Waals surface area contributed by atoms with Gasteiger partial charge in [-0.3, -0.25) is 14.4 Å². The Morgan fingerprint density at radius 3 is 2.24 bits per heavy atom. The van der Waals surface area contributed by atoms with Crippen LogP contribution in [0.5, 0.6) is 0 Å². The molecule has 0 atom stereocenters. The molecule has 0 aliphatic heterocycles. The summed E-state index contributed by atoms with van der Waals surface area (Å²) in [5, 5.41) is 3.48. The first kappa shape index (κ1) is 17.5. The third kappa shape index (κ3) is 2.77. The van der Waals surface area contributed by atoms with Crippen LogP contribution in [0.4, 0.5) is 5.69 Å². The van der Waals surface area contributed by atoms with Crippen molar-refractivity contribution in [3.8, 4) is 10.6 Å². The molecule has 1 amide bonds. The monoisotopic (exact) mass is 398 g/mol. The van der Waals surface area contributed by atoms with Crippen molar-refractivity contribution < 1.29 is 14.4 Å². The number of aromatic nitrogens is 1. The zero-order valence-electron chi connectivity index (χ0n) is 15.4. The average Bonchev–Trinajstić information content (AvgIpc) is 3.16. The minimum absolute atomic E-state index is 0.132. The predicted molar refractivity (Wildman–Crippen MR) is 113 cm³/mol. The van der Waals surface area contributed by atoms with Gasteiger partial charge in [-0.2, -0.15) is 0 Å². The second-order valence-corrected chi connectivity index (χ2v) is 7.85. The van der Waals surface area contributed by atoms with Crippen molar-refractivity contribution in [1.29, 1.82) is 0 Å². The summed E-state index contributed by atoms with van der Waals surface area (Å²) in [6.45, 7) is 1.46. The average molecular weight is 398 g/mol. The zero-order valence-corrected chi connectivity index (χ0v) is 16.2. The van der Waals surface area contributed by atoms with Crippen LogP contribution in [0.2, 0.25) is 0 Å². The third-order valence-corrected chi connectivity index (χ3v) is 5.97. The topological polar surface area (TPSA) is 76.1 Å². The number of hydrogen-bond donors (Lipinski definition) is 1. The van der Waals surface area contributed by atoms with E-state index < -0.39 is 0 Å². The summed E-state index contributed by atoms with van der Waals surface area (Å²) < 4.78 is 0.852. The molecule has 1 aromatic heterocycles. The van der Waals surface area contributed by atoms with Crippen LogP contribution in [0.15, 0.2) is 60.7 Å². The lowest BCUT2D eigenvalue weighted by Gasteiger charge is -2.17. The van der Waals surface area contributed by atoms with Gasteiger partial charge in [-0.05, 0) is 36.4 Å². The molecule has 1 N–H and O–H groups in total. The Morgan fingerprint density at radius 1 is 0.862 bits per heavy atom. The minimum atomic E-state index is -0.168. The highest BCUT2D eigenvalue weighted by Gasteiger charge is 2.32. The summed E-state index contributed by atoms with van der Waals surface area (Å²) >= 11 is 1.47. The first-order chi connectivity index (χ1) is 14.0. The van der Waals surface area contributed by atoms with Crippen molar-refractivity contribution >= 4 is 44.7 Å². The summed E-state index contributed by atoms with van der Waals surface area (Å²) in [5.41, 5.74) is 3.78. The molecule has 0 spiro atoms. The van der Waals surface area contributed by atoms with Crippen LogP contribution < -0.4 is 5.32 Å². The SMILES string of the molecule is CC(=O)Nc1ccc(-c2nc3c4c(ccc3s2)C(=O)c2ccccc2C4=O)cc1. The van der Waals surface area contributed by atoms with Gasteiger partial charge in [0.05, 0.1) is 15.8 Å². The van der Waals surface area contributed by atoms with Gasteiger partial charge in [0.1, 0.15) is 5.01 Å². The van der Waals surface area contributed by atoms with Crippen LogP contribution in [-0.4, -0.2) is 22.5 Å². The van der Waals surface area contributed by atoms with Gasteiger partial charge < -0.3 is 5.32 Å². The van der Waals surface area contributed by atoms with Crippen LogP contribution in [-0.2, 0) is 4.79 Å². The summed E-state index contributed by atoms with van der Waals surface area (Å²) in [5.74, 6) is -0.446. The maximum absolute atomic E-state index is 13.1. The van der Waals surface area contributed by atoms with Gasteiger partial charge in [0, 0.05) is 34.9 Å². The normalized spacial score (nSPS) is 12.6. The van der Waals surface area contributed by atoms with Gasteiger partial charge in [0.25, 0.3) is 0 Å². The number of thiazole rings is 1. The van der Waals surface area contributed by atoms with Crippen molar-refractivity contribution in [3.05, 3.63) is 82.9 Å². The molecule has 4 aromatic rings. The van der Waals surface area contributed by atoms with Gasteiger partial charge in [0.15, 0.2) is 11.6 Å². The van der Waals surface area contributed by atoms with Crippen LogP contribution in [0.25, 0.3) is 20.8 Å². The molecular weight excluding hydrogens is 384 g/mol. The van der Waals surface area contributed by atoms with E-state index in [0.29, 0.717) is 33.5 Å². The van der Waals surface area contributed by atoms with Crippen molar-refractivity contribution in [1.82, 2.24) is 4.98 Å². The van der Waals surface area contributed by atoms with Gasteiger partial charge in [0.2, 0.25) is 5.91 Å². The fourth-order valence-corrected chi connectivity index (χ4v) is 4.57. The van der Waals surface area contributed by atoms with Gasteiger partial charge in [-0.25, -0.2) is 4.98 Å². The molecule has 140 valence electrons. The summed E-state index contributed by atoms with van der Waals surface area (Å²) in [4.78, 5) is 41.9. The summed E-state index contributed by atoms with van der Waals surface area (Å²) in [6, 6.07) is 17.8. The Hall–Kier alpha value is -3.64. The fourth-order valence-electron chi connectivity index (χ4n) is 3.59. The molecule has 0 saturated carbocycles. The maximum atomic E-state index is 13.1. The molecular formula is C23H14N2O3S. The van der Waals surface area contributed by atoms with Gasteiger partial charge in [-0.15, -0.1) is 11.3 Å². The van der Waals surface area contributed by atoms with E-state index in [1.54, 1.807) is 30.3 Å². The Labute approximate surface area is 170 Å². The first-order valence-corrected chi connectivity index (χ1v) is 9.84. The second-order valence-electron chi connectivity index (χ2n) is 6.82. The summed E-state index contributed by atoms with van der Waals surface area (Å²) in [6.07, 6.45) is 0. The number of carbonyl (C=O) groups excluding carboxylic acids is 3. The number of amides is 1. The van der Waals surface area contributed by atoms with E-state index in [4.69, 9.17) is 4.98 Å². The van der Waals surface area contributed by atoms with E-state index in [0.717, 1.165) is 15.3 Å². The largest absolute Gasteiger partial charge is 0.326 e. The molecule has 0 saturated heterocycles. The Bertz CT molecular complexity index is 1340. The molecule has 6 heteroatoms.